The van der Waals surface area contributed by atoms with Crippen LogP contribution in [0.4, 0.5) is 8.78 Å². The lowest BCUT2D eigenvalue weighted by Crippen LogP contribution is -2.12. The van der Waals surface area contributed by atoms with Gasteiger partial charge in [0.1, 0.15) is 23.3 Å². The van der Waals surface area contributed by atoms with Crippen molar-refractivity contribution < 1.29 is 8.78 Å². The van der Waals surface area contributed by atoms with E-state index in [1.807, 2.05) is 0 Å². The Hall–Kier alpha value is -2.13. The Morgan fingerprint density at radius 3 is 2.40 bits per heavy atom. The van der Waals surface area contributed by atoms with E-state index in [0.29, 0.717) is 5.92 Å². The van der Waals surface area contributed by atoms with E-state index in [4.69, 9.17) is 5.26 Å². The Balaban J connectivity index is 1.83. The highest BCUT2D eigenvalue weighted by molar-refractivity contribution is 5.43. The molecule has 1 aromatic carbocycles. The molecule has 1 saturated carbocycles. The third-order valence-corrected chi connectivity index (χ3v) is 4.93. The molecule has 0 aliphatic heterocycles. The monoisotopic (exact) mass is 341 g/mol. The van der Waals surface area contributed by atoms with Crippen molar-refractivity contribution in [1.82, 2.24) is 0 Å². The maximum atomic E-state index is 13.5. The van der Waals surface area contributed by atoms with Crippen LogP contribution in [0.5, 0.6) is 0 Å². The van der Waals surface area contributed by atoms with Crippen LogP contribution in [0.15, 0.2) is 24.3 Å². The molecule has 0 atom stereocenters. The van der Waals surface area contributed by atoms with E-state index in [0.717, 1.165) is 18.1 Å². The summed E-state index contributed by atoms with van der Waals surface area (Å²) in [6.07, 6.45) is 14.2. The molecule has 0 spiro atoms. The van der Waals surface area contributed by atoms with Gasteiger partial charge in [0, 0.05) is 5.56 Å². The van der Waals surface area contributed by atoms with Crippen molar-refractivity contribution in [2.45, 2.75) is 58.3 Å². The minimum absolute atomic E-state index is 0.248. The molecule has 3 heteroatoms. The van der Waals surface area contributed by atoms with Crippen molar-refractivity contribution in [1.29, 1.82) is 5.26 Å². The van der Waals surface area contributed by atoms with Gasteiger partial charge >= 0.3 is 0 Å². The SMILES string of the molecule is CCCCC[C@H]1CC[C@H](C=CC#Cc2cc(F)c(C#N)c(F)c2)CC1. The van der Waals surface area contributed by atoms with E-state index in [2.05, 4.69) is 24.8 Å². The Kier molecular flexibility index (Phi) is 7.68. The quantitative estimate of drug-likeness (QED) is 0.467. The van der Waals surface area contributed by atoms with E-state index >= 15 is 0 Å². The number of nitrogens with zero attached hydrogens (tertiary/aromatic N) is 1. The average molecular weight is 341 g/mol. The largest absolute Gasteiger partial charge is 0.205 e. The zero-order valence-electron chi connectivity index (χ0n) is 14.8. The Morgan fingerprint density at radius 2 is 1.80 bits per heavy atom. The molecule has 2 rings (SSSR count). The Morgan fingerprint density at radius 1 is 1.12 bits per heavy atom. The molecule has 1 nitrogen and oxygen atoms in total. The summed E-state index contributed by atoms with van der Waals surface area (Å²) in [4.78, 5) is 0. The molecule has 0 N–H and O–H groups in total. The van der Waals surface area contributed by atoms with Crippen LogP contribution in [0.25, 0.3) is 0 Å². The molecule has 1 aliphatic carbocycles. The predicted octanol–water partition coefficient (Wildman–Crippen LogP) is 6.13. The molecular weight excluding hydrogens is 316 g/mol. The third kappa shape index (κ3) is 6.02. The molecule has 1 fully saturated rings. The lowest BCUT2D eigenvalue weighted by atomic mass is 9.79. The fraction of sp³-hybridized carbons (Fsp3) is 0.500. The van der Waals surface area contributed by atoms with Gasteiger partial charge in [-0.2, -0.15) is 5.26 Å². The number of allylic oxidation sites excluding steroid dienone is 2. The van der Waals surface area contributed by atoms with Gasteiger partial charge in [0.15, 0.2) is 0 Å². The number of halogens is 2. The van der Waals surface area contributed by atoms with E-state index in [9.17, 15) is 8.78 Å². The van der Waals surface area contributed by atoms with E-state index in [-0.39, 0.29) is 5.56 Å². The first kappa shape index (κ1) is 19.2. The normalized spacial score (nSPS) is 20.1. The van der Waals surface area contributed by atoms with Gasteiger partial charge in [-0.1, -0.05) is 50.5 Å². The van der Waals surface area contributed by atoms with Gasteiger partial charge in [0.2, 0.25) is 0 Å². The summed E-state index contributed by atoms with van der Waals surface area (Å²) in [6.45, 7) is 2.24. The molecule has 0 unspecified atom stereocenters. The van der Waals surface area contributed by atoms with E-state index in [1.165, 1.54) is 57.4 Å². The van der Waals surface area contributed by atoms with Gasteiger partial charge in [0.05, 0.1) is 0 Å². The highest BCUT2D eigenvalue weighted by Gasteiger charge is 2.18. The van der Waals surface area contributed by atoms with Crippen molar-refractivity contribution in [2.75, 3.05) is 0 Å². The lowest BCUT2D eigenvalue weighted by molar-refractivity contribution is 0.289. The molecule has 0 bridgehead atoms. The van der Waals surface area contributed by atoms with Crippen LogP contribution >= 0.6 is 0 Å². The third-order valence-electron chi connectivity index (χ3n) is 4.93. The van der Waals surface area contributed by atoms with Crippen LogP contribution in [-0.4, -0.2) is 0 Å². The number of unbranched alkanes of at least 4 members (excludes halogenated alkanes) is 2. The van der Waals surface area contributed by atoms with E-state index < -0.39 is 17.2 Å². The molecule has 132 valence electrons. The summed E-state index contributed by atoms with van der Waals surface area (Å²) in [6, 6.07) is 3.71. The molecule has 0 radical (unpaired) electrons. The van der Waals surface area contributed by atoms with Crippen LogP contribution < -0.4 is 0 Å². The fourth-order valence-corrected chi connectivity index (χ4v) is 3.41. The molecule has 1 aliphatic rings. The molecular formula is C22H25F2N. The molecule has 1 aromatic rings. The second kappa shape index (κ2) is 10.00. The zero-order valence-corrected chi connectivity index (χ0v) is 14.8. The summed E-state index contributed by atoms with van der Waals surface area (Å²) in [7, 11) is 0. The molecule has 25 heavy (non-hydrogen) atoms. The van der Waals surface area contributed by atoms with Gasteiger partial charge in [-0.15, -0.1) is 0 Å². The van der Waals surface area contributed by atoms with Crippen molar-refractivity contribution >= 4 is 0 Å². The molecule has 0 aromatic heterocycles. The van der Waals surface area contributed by atoms with Crippen LogP contribution in [-0.2, 0) is 0 Å². The van der Waals surface area contributed by atoms with Gasteiger partial charge in [-0.3, -0.25) is 0 Å². The number of nitriles is 1. The maximum absolute atomic E-state index is 13.5. The van der Waals surface area contributed by atoms with Gasteiger partial charge in [-0.25, -0.2) is 8.78 Å². The lowest BCUT2D eigenvalue weighted by Gasteiger charge is -2.26. The first-order chi connectivity index (χ1) is 12.1. The minimum atomic E-state index is -0.864. The predicted molar refractivity (Wildman–Crippen MR) is 96.7 cm³/mol. The number of hydrogen-bond acceptors (Lipinski definition) is 1. The van der Waals surface area contributed by atoms with Gasteiger partial charge in [-0.05, 0) is 55.7 Å². The number of benzene rings is 1. The summed E-state index contributed by atoms with van der Waals surface area (Å²) in [5.41, 5.74) is -0.310. The second-order valence-corrected chi connectivity index (χ2v) is 6.83. The molecule has 0 heterocycles. The van der Waals surface area contributed by atoms with Crippen LogP contribution in [0.1, 0.15) is 69.4 Å². The van der Waals surface area contributed by atoms with Crippen molar-refractivity contribution in [3.05, 3.63) is 47.0 Å². The van der Waals surface area contributed by atoms with Crippen molar-refractivity contribution in [3.8, 4) is 17.9 Å². The Bertz CT molecular complexity index is 672. The van der Waals surface area contributed by atoms with Crippen molar-refractivity contribution in [2.24, 2.45) is 11.8 Å². The van der Waals surface area contributed by atoms with Crippen LogP contribution in [0.3, 0.4) is 0 Å². The zero-order chi connectivity index (χ0) is 18.1. The smallest absolute Gasteiger partial charge is 0.145 e. The molecule has 0 amide bonds. The summed E-state index contributed by atoms with van der Waals surface area (Å²) >= 11 is 0. The topological polar surface area (TPSA) is 23.8 Å². The summed E-state index contributed by atoms with van der Waals surface area (Å²) in [5, 5.41) is 8.65. The highest BCUT2D eigenvalue weighted by atomic mass is 19.1. The minimum Gasteiger partial charge on any atom is -0.205 e. The van der Waals surface area contributed by atoms with Gasteiger partial charge < -0.3 is 0 Å². The fourth-order valence-electron chi connectivity index (χ4n) is 3.41. The average Bonchev–Trinajstić information content (AvgIpc) is 2.60. The van der Waals surface area contributed by atoms with Crippen LogP contribution in [0.2, 0.25) is 0 Å². The first-order valence-electron chi connectivity index (χ1n) is 9.21. The van der Waals surface area contributed by atoms with Crippen LogP contribution in [0, 0.1) is 46.6 Å². The molecule has 0 saturated heterocycles. The number of rotatable bonds is 5. The standard InChI is InChI=1S/C22H25F2N/c1-2-3-4-7-17-10-12-18(13-11-17)8-5-6-9-19-14-21(23)20(16-25)22(24)15-19/h5,8,14-15,17-18H,2-4,7,10-13H2,1H3/t17-,18-. The Labute approximate surface area is 149 Å². The number of hydrogen-bond donors (Lipinski definition) is 0. The summed E-state index contributed by atoms with van der Waals surface area (Å²) in [5.74, 6) is 5.30. The maximum Gasteiger partial charge on any atom is 0.145 e. The highest BCUT2D eigenvalue weighted by Crippen LogP contribution is 2.32. The van der Waals surface area contributed by atoms with Crippen molar-refractivity contribution in [3.63, 3.8) is 0 Å². The summed E-state index contributed by atoms with van der Waals surface area (Å²) < 4.78 is 27.0. The first-order valence-corrected chi connectivity index (χ1v) is 9.21. The van der Waals surface area contributed by atoms with E-state index in [1.54, 1.807) is 6.08 Å². The second-order valence-electron chi connectivity index (χ2n) is 6.83. The van der Waals surface area contributed by atoms with Gasteiger partial charge in [0.25, 0.3) is 0 Å².